The number of para-hydroxylation sites is 1. The fourth-order valence-electron chi connectivity index (χ4n) is 4.86. The van der Waals surface area contributed by atoms with E-state index in [9.17, 15) is 9.90 Å². The Morgan fingerprint density at radius 3 is 2.87 bits per heavy atom. The van der Waals surface area contributed by atoms with Crippen molar-refractivity contribution >= 4 is 23.2 Å². The molecule has 6 nitrogen and oxygen atoms in total. The monoisotopic (exact) mass is 442 g/mol. The second-order valence-corrected chi connectivity index (χ2v) is 9.25. The molecular formula is C24H27ClN2O4. The molecule has 2 N–H and O–H groups in total. The van der Waals surface area contributed by atoms with Crippen molar-refractivity contribution in [1.82, 2.24) is 4.90 Å². The Morgan fingerprint density at radius 2 is 2.03 bits per heavy atom. The fraction of sp³-hybridized carbons (Fsp3) is 0.458. The third kappa shape index (κ3) is 4.38. The van der Waals surface area contributed by atoms with Crippen molar-refractivity contribution in [3.05, 3.63) is 52.5 Å². The first-order chi connectivity index (χ1) is 15.0. The van der Waals surface area contributed by atoms with Crippen molar-refractivity contribution < 1.29 is 19.4 Å². The zero-order valence-corrected chi connectivity index (χ0v) is 18.2. The number of hydrogen-bond acceptors (Lipinski definition) is 5. The number of fused-ring (bicyclic) bond motifs is 2. The van der Waals surface area contributed by atoms with Crippen molar-refractivity contribution in [1.29, 1.82) is 0 Å². The van der Waals surface area contributed by atoms with Crippen LogP contribution in [0.5, 0.6) is 11.5 Å². The minimum Gasteiger partial charge on any atom is -0.489 e. The summed E-state index contributed by atoms with van der Waals surface area (Å²) in [5, 5.41) is 14.2. The van der Waals surface area contributed by atoms with E-state index in [1.807, 2.05) is 36.4 Å². The number of nitrogens with one attached hydrogen (secondary N) is 1. The number of amides is 1. The molecule has 3 aliphatic heterocycles. The molecule has 2 aromatic rings. The Labute approximate surface area is 187 Å². The van der Waals surface area contributed by atoms with Crippen molar-refractivity contribution in [3.63, 3.8) is 0 Å². The zero-order chi connectivity index (χ0) is 21.4. The lowest BCUT2D eigenvalue weighted by molar-refractivity contribution is -0.116. The maximum Gasteiger partial charge on any atom is 0.224 e. The van der Waals surface area contributed by atoms with Crippen LogP contribution in [0.25, 0.3) is 0 Å². The molecule has 31 heavy (non-hydrogen) atoms. The van der Waals surface area contributed by atoms with Gasteiger partial charge in [-0.05, 0) is 41.8 Å². The normalized spacial score (nSPS) is 20.5. The van der Waals surface area contributed by atoms with Gasteiger partial charge in [0, 0.05) is 50.3 Å². The molecule has 3 heterocycles. The van der Waals surface area contributed by atoms with Gasteiger partial charge in [0.1, 0.15) is 29.8 Å². The highest BCUT2D eigenvalue weighted by Gasteiger charge is 2.42. The van der Waals surface area contributed by atoms with Crippen LogP contribution < -0.4 is 14.8 Å². The second-order valence-electron chi connectivity index (χ2n) is 8.82. The number of aliphatic hydroxyl groups is 1. The standard InChI is InChI=1S/C24H27ClN2O4/c25-18-5-6-20-17(12-18)13-24(31-20)8-10-27(11-9-24)14-19(28)15-30-21-3-1-2-16-4-7-22(29)26-23(16)21/h1-3,5-6,12,19,28H,4,7-11,13-15H2,(H,26,29)/t19-/m0/s1. The van der Waals surface area contributed by atoms with E-state index >= 15 is 0 Å². The highest BCUT2D eigenvalue weighted by Crippen LogP contribution is 2.42. The van der Waals surface area contributed by atoms with E-state index in [0.29, 0.717) is 25.1 Å². The van der Waals surface area contributed by atoms with E-state index in [-0.39, 0.29) is 18.1 Å². The minimum atomic E-state index is -0.607. The molecule has 0 aliphatic carbocycles. The third-order valence-corrected chi connectivity index (χ3v) is 6.76. The third-order valence-electron chi connectivity index (χ3n) is 6.53. The summed E-state index contributed by atoms with van der Waals surface area (Å²) in [4.78, 5) is 14.0. The number of carbonyl (C=O) groups is 1. The van der Waals surface area contributed by atoms with Gasteiger partial charge in [-0.1, -0.05) is 23.7 Å². The summed E-state index contributed by atoms with van der Waals surface area (Å²) >= 11 is 6.13. The van der Waals surface area contributed by atoms with E-state index in [2.05, 4.69) is 10.2 Å². The number of anilines is 1. The van der Waals surface area contributed by atoms with Crippen LogP contribution in [0.15, 0.2) is 36.4 Å². The zero-order valence-electron chi connectivity index (χ0n) is 17.4. The predicted molar refractivity (Wildman–Crippen MR) is 119 cm³/mol. The molecule has 1 atom stereocenters. The Morgan fingerprint density at radius 1 is 1.19 bits per heavy atom. The van der Waals surface area contributed by atoms with Crippen LogP contribution in [0.3, 0.4) is 0 Å². The molecule has 2 aromatic carbocycles. The first-order valence-corrected chi connectivity index (χ1v) is 11.3. The van der Waals surface area contributed by atoms with Crippen LogP contribution in [-0.4, -0.2) is 53.9 Å². The van der Waals surface area contributed by atoms with Gasteiger partial charge >= 0.3 is 0 Å². The number of aryl methyl sites for hydroxylation is 1. The van der Waals surface area contributed by atoms with Crippen LogP contribution in [0.4, 0.5) is 5.69 Å². The number of likely N-dealkylation sites (tertiary alicyclic amines) is 1. The van der Waals surface area contributed by atoms with Gasteiger partial charge in [-0.3, -0.25) is 4.79 Å². The van der Waals surface area contributed by atoms with E-state index in [0.717, 1.165) is 54.4 Å². The van der Waals surface area contributed by atoms with Gasteiger partial charge in [-0.15, -0.1) is 0 Å². The summed E-state index contributed by atoms with van der Waals surface area (Å²) in [5.74, 6) is 1.58. The van der Waals surface area contributed by atoms with Crippen molar-refractivity contribution in [2.45, 2.75) is 43.8 Å². The fourth-order valence-corrected chi connectivity index (χ4v) is 5.05. The highest BCUT2D eigenvalue weighted by molar-refractivity contribution is 6.30. The highest BCUT2D eigenvalue weighted by atomic mass is 35.5. The van der Waals surface area contributed by atoms with Crippen molar-refractivity contribution in [3.8, 4) is 11.5 Å². The molecule has 0 bridgehead atoms. The lowest BCUT2D eigenvalue weighted by Crippen LogP contribution is -2.49. The Bertz CT molecular complexity index is 988. The molecule has 164 valence electrons. The number of nitrogens with zero attached hydrogens (tertiary/aromatic N) is 1. The quantitative estimate of drug-likeness (QED) is 0.742. The number of halogens is 1. The Balaban J connectivity index is 1.12. The average molecular weight is 443 g/mol. The number of benzene rings is 2. The summed E-state index contributed by atoms with van der Waals surface area (Å²) in [7, 11) is 0. The van der Waals surface area contributed by atoms with E-state index < -0.39 is 6.10 Å². The molecule has 1 spiro atoms. The minimum absolute atomic E-state index is 0.00454. The predicted octanol–water partition coefficient (Wildman–Crippen LogP) is 3.43. The summed E-state index contributed by atoms with van der Waals surface area (Å²) < 4.78 is 12.2. The summed E-state index contributed by atoms with van der Waals surface area (Å²) in [6.45, 7) is 2.48. The Hall–Kier alpha value is -2.28. The van der Waals surface area contributed by atoms with Gasteiger partial charge in [0.05, 0.1) is 5.69 Å². The van der Waals surface area contributed by atoms with Crippen molar-refractivity contribution in [2.75, 3.05) is 31.6 Å². The van der Waals surface area contributed by atoms with Crippen LogP contribution in [0, 0.1) is 0 Å². The number of carbonyl (C=O) groups excluding carboxylic acids is 1. The van der Waals surface area contributed by atoms with Crippen LogP contribution >= 0.6 is 11.6 Å². The lowest BCUT2D eigenvalue weighted by atomic mass is 9.87. The molecular weight excluding hydrogens is 416 g/mol. The topological polar surface area (TPSA) is 71.0 Å². The molecule has 1 amide bonds. The largest absolute Gasteiger partial charge is 0.489 e. The number of aliphatic hydroxyl groups excluding tert-OH is 1. The van der Waals surface area contributed by atoms with Gasteiger partial charge in [0.15, 0.2) is 0 Å². The number of piperidine rings is 1. The second kappa shape index (κ2) is 8.34. The summed E-state index contributed by atoms with van der Waals surface area (Å²) in [6, 6.07) is 11.6. The van der Waals surface area contributed by atoms with Crippen molar-refractivity contribution in [2.24, 2.45) is 0 Å². The molecule has 0 aromatic heterocycles. The summed E-state index contributed by atoms with van der Waals surface area (Å²) in [6.07, 6.45) is 3.35. The molecule has 7 heteroatoms. The van der Waals surface area contributed by atoms with Crippen LogP contribution in [0.1, 0.15) is 30.4 Å². The Kier molecular flexibility index (Phi) is 5.54. The maximum absolute atomic E-state index is 11.7. The molecule has 1 fully saturated rings. The average Bonchev–Trinajstić information content (AvgIpc) is 3.11. The van der Waals surface area contributed by atoms with Crippen LogP contribution in [0.2, 0.25) is 5.02 Å². The number of hydrogen-bond donors (Lipinski definition) is 2. The molecule has 5 rings (SSSR count). The van der Waals surface area contributed by atoms with E-state index in [1.54, 1.807) is 0 Å². The molecule has 1 saturated heterocycles. The smallest absolute Gasteiger partial charge is 0.224 e. The number of rotatable bonds is 5. The van der Waals surface area contributed by atoms with E-state index in [1.165, 1.54) is 5.56 Å². The molecule has 0 radical (unpaired) electrons. The number of β-amino-alcohol motifs (C(OH)–C–C–N with tert-alkyl or cyclic N) is 1. The summed E-state index contributed by atoms with van der Waals surface area (Å²) in [5.41, 5.74) is 2.86. The van der Waals surface area contributed by atoms with Gasteiger partial charge in [0.2, 0.25) is 5.91 Å². The van der Waals surface area contributed by atoms with Gasteiger partial charge < -0.3 is 24.8 Å². The molecule has 0 saturated carbocycles. The number of ether oxygens (including phenoxy) is 2. The van der Waals surface area contributed by atoms with Crippen LogP contribution in [-0.2, 0) is 17.6 Å². The first-order valence-electron chi connectivity index (χ1n) is 10.9. The molecule has 0 unspecified atom stereocenters. The maximum atomic E-state index is 11.7. The van der Waals surface area contributed by atoms with Gasteiger partial charge in [-0.2, -0.15) is 0 Å². The van der Waals surface area contributed by atoms with Gasteiger partial charge in [0.25, 0.3) is 0 Å². The van der Waals surface area contributed by atoms with Gasteiger partial charge in [-0.25, -0.2) is 0 Å². The molecule has 3 aliphatic rings. The lowest BCUT2D eigenvalue weighted by Gasteiger charge is -2.39. The van der Waals surface area contributed by atoms with E-state index in [4.69, 9.17) is 21.1 Å². The first kappa shape index (κ1) is 20.6. The SMILES string of the molecule is O=C1CCc2cccc(OC[C@@H](O)CN3CCC4(CC3)Cc3cc(Cl)ccc3O4)c2N1.